The fourth-order valence-corrected chi connectivity index (χ4v) is 3.21. The van der Waals surface area contributed by atoms with Crippen LogP contribution in [0.5, 0.6) is 0 Å². The first-order valence-corrected chi connectivity index (χ1v) is 9.34. The number of thiocarbonyl (C=S) groups is 1. The molecule has 23 heavy (non-hydrogen) atoms. The normalized spacial score (nSPS) is 14.1. The molecule has 1 aliphatic rings. The second kappa shape index (κ2) is 6.88. The van der Waals surface area contributed by atoms with Gasteiger partial charge in [0.1, 0.15) is 0 Å². The average molecular weight is 352 g/mol. The highest BCUT2D eigenvalue weighted by atomic mass is 32.2. The number of aromatic nitrogens is 4. The quantitative estimate of drug-likeness (QED) is 0.486. The van der Waals surface area contributed by atoms with Crippen LogP contribution in [0.4, 0.5) is 0 Å². The molecule has 0 saturated heterocycles. The van der Waals surface area contributed by atoms with E-state index in [2.05, 4.69) is 27.3 Å². The molecule has 7 nitrogen and oxygen atoms in total. The maximum absolute atomic E-state index is 12.7. The highest BCUT2D eigenvalue weighted by molar-refractivity contribution is 7.98. The summed E-state index contributed by atoms with van der Waals surface area (Å²) in [6, 6.07) is 0. The van der Waals surface area contributed by atoms with Gasteiger partial charge < -0.3 is 10.2 Å². The van der Waals surface area contributed by atoms with Gasteiger partial charge in [-0.2, -0.15) is 9.50 Å². The van der Waals surface area contributed by atoms with Crippen LogP contribution >= 0.6 is 24.0 Å². The number of hydrogen-bond donors (Lipinski definition) is 2. The zero-order valence-electron chi connectivity index (χ0n) is 13.3. The molecule has 0 spiro atoms. The Hall–Kier alpha value is -1.61. The highest BCUT2D eigenvalue weighted by Crippen LogP contribution is 2.16. The molecule has 0 aromatic carbocycles. The smallest absolute Gasteiger partial charge is 0.279 e. The van der Waals surface area contributed by atoms with Gasteiger partial charge in [-0.05, 0) is 24.9 Å². The Bertz CT molecular complexity index is 783. The fraction of sp³-hybridized carbons (Fsp3) is 0.571. The molecule has 124 valence electrons. The summed E-state index contributed by atoms with van der Waals surface area (Å²) in [5.41, 5.74) is 1.45. The van der Waals surface area contributed by atoms with Crippen molar-refractivity contribution in [3.05, 3.63) is 21.6 Å². The van der Waals surface area contributed by atoms with Gasteiger partial charge in [-0.3, -0.25) is 9.89 Å². The van der Waals surface area contributed by atoms with Crippen LogP contribution in [0.3, 0.4) is 0 Å². The molecule has 3 rings (SSSR count). The minimum atomic E-state index is -0.0844. The molecule has 2 aromatic heterocycles. The molecule has 1 aliphatic heterocycles. The molecule has 0 fully saturated rings. The van der Waals surface area contributed by atoms with Crippen molar-refractivity contribution in [3.8, 4) is 0 Å². The third-order valence-corrected chi connectivity index (χ3v) is 4.88. The van der Waals surface area contributed by atoms with Crippen LogP contribution in [0, 0.1) is 0 Å². The van der Waals surface area contributed by atoms with Crippen molar-refractivity contribution in [1.29, 1.82) is 0 Å². The molecule has 0 aliphatic carbocycles. The van der Waals surface area contributed by atoms with Crippen molar-refractivity contribution in [2.75, 3.05) is 19.3 Å². The van der Waals surface area contributed by atoms with Crippen molar-refractivity contribution in [3.63, 3.8) is 0 Å². The van der Waals surface area contributed by atoms with Crippen molar-refractivity contribution < 1.29 is 0 Å². The van der Waals surface area contributed by atoms with E-state index in [1.807, 2.05) is 11.2 Å². The minimum absolute atomic E-state index is 0.0844. The third-order valence-electron chi connectivity index (χ3n) is 3.91. The zero-order valence-corrected chi connectivity index (χ0v) is 14.9. The molecule has 3 heterocycles. The van der Waals surface area contributed by atoms with E-state index in [0.717, 1.165) is 31.6 Å². The van der Waals surface area contributed by atoms with Crippen LogP contribution in [0.25, 0.3) is 5.78 Å². The topological polar surface area (TPSA) is 78.3 Å². The summed E-state index contributed by atoms with van der Waals surface area (Å²) in [7, 11) is 0. The minimum Gasteiger partial charge on any atom is -0.363 e. The van der Waals surface area contributed by atoms with E-state index < -0.39 is 0 Å². The zero-order chi connectivity index (χ0) is 16.4. The summed E-state index contributed by atoms with van der Waals surface area (Å²) in [6.45, 7) is 4.28. The lowest BCUT2D eigenvalue weighted by Crippen LogP contribution is -2.45. The predicted octanol–water partition coefficient (Wildman–Crippen LogP) is 1.17. The van der Waals surface area contributed by atoms with Crippen LogP contribution < -0.4 is 10.9 Å². The van der Waals surface area contributed by atoms with E-state index >= 15 is 0 Å². The van der Waals surface area contributed by atoms with E-state index in [0.29, 0.717) is 34.6 Å². The number of rotatable bonds is 4. The van der Waals surface area contributed by atoms with Gasteiger partial charge in [0.15, 0.2) is 10.3 Å². The van der Waals surface area contributed by atoms with E-state index in [1.54, 1.807) is 0 Å². The van der Waals surface area contributed by atoms with Crippen molar-refractivity contribution in [2.24, 2.45) is 0 Å². The highest BCUT2D eigenvalue weighted by Gasteiger charge is 2.24. The largest absolute Gasteiger partial charge is 0.363 e. The number of fused-ring (bicyclic) bond motifs is 2. The summed E-state index contributed by atoms with van der Waals surface area (Å²) in [6.07, 6.45) is 4.82. The summed E-state index contributed by atoms with van der Waals surface area (Å²) >= 11 is 6.90. The Kier molecular flexibility index (Phi) is 4.86. The maximum atomic E-state index is 12.7. The predicted molar refractivity (Wildman–Crippen MR) is 95.0 cm³/mol. The third kappa shape index (κ3) is 3.20. The molecule has 0 amide bonds. The van der Waals surface area contributed by atoms with Crippen LogP contribution in [0.15, 0.2) is 9.95 Å². The summed E-state index contributed by atoms with van der Waals surface area (Å²) in [5, 5.41) is 7.63. The second-order valence-corrected chi connectivity index (χ2v) is 6.65. The standard InChI is InChI=1S/C14H20N6OS2/c1-3-4-6-15-14(22)19-7-5-10-9(8-19)11(21)20-12(16-10)17-13(18-20)23-2/h3-8H2,1-2H3,(H,15,22)(H,16,17,18). The lowest BCUT2D eigenvalue weighted by molar-refractivity contribution is 0.379. The molecular weight excluding hydrogens is 332 g/mol. The number of nitrogens with one attached hydrogen (secondary N) is 2. The summed E-state index contributed by atoms with van der Waals surface area (Å²) in [4.78, 5) is 23.6. The maximum Gasteiger partial charge on any atom is 0.279 e. The van der Waals surface area contributed by atoms with Crippen molar-refractivity contribution >= 4 is 34.9 Å². The fourth-order valence-electron chi connectivity index (χ4n) is 2.60. The monoisotopic (exact) mass is 352 g/mol. The Morgan fingerprint density at radius 1 is 1.48 bits per heavy atom. The first-order chi connectivity index (χ1) is 11.1. The first-order valence-electron chi connectivity index (χ1n) is 7.71. The number of H-pyrrole nitrogens is 1. The number of unbranched alkanes of at least 4 members (excludes halogenated alkanes) is 1. The molecule has 2 N–H and O–H groups in total. The van der Waals surface area contributed by atoms with Crippen LogP contribution in [-0.4, -0.2) is 48.9 Å². The van der Waals surface area contributed by atoms with Gasteiger partial charge in [0, 0.05) is 19.5 Å². The second-order valence-electron chi connectivity index (χ2n) is 5.47. The summed E-state index contributed by atoms with van der Waals surface area (Å²) in [5.74, 6) is 0.440. The van der Waals surface area contributed by atoms with Gasteiger partial charge in [0.2, 0.25) is 0 Å². The van der Waals surface area contributed by atoms with E-state index in [4.69, 9.17) is 12.2 Å². The Morgan fingerprint density at radius 3 is 3.04 bits per heavy atom. The van der Waals surface area contributed by atoms with Gasteiger partial charge in [-0.1, -0.05) is 25.1 Å². The summed E-state index contributed by atoms with van der Waals surface area (Å²) < 4.78 is 1.42. The number of thioether (sulfide) groups is 1. The van der Waals surface area contributed by atoms with E-state index in [1.165, 1.54) is 16.3 Å². The average Bonchev–Trinajstić information content (AvgIpc) is 2.98. The number of hydrogen-bond acceptors (Lipinski definition) is 5. The molecular formula is C14H20N6OS2. The Morgan fingerprint density at radius 2 is 2.30 bits per heavy atom. The lowest BCUT2D eigenvalue weighted by Gasteiger charge is -2.30. The van der Waals surface area contributed by atoms with Crippen molar-refractivity contribution in [1.82, 2.24) is 29.8 Å². The lowest BCUT2D eigenvalue weighted by atomic mass is 10.1. The van der Waals surface area contributed by atoms with Crippen LogP contribution in [0.1, 0.15) is 31.0 Å². The molecule has 2 aromatic rings. The Balaban J connectivity index is 1.85. The van der Waals surface area contributed by atoms with Crippen LogP contribution in [0.2, 0.25) is 0 Å². The van der Waals surface area contributed by atoms with Gasteiger partial charge in [0.25, 0.3) is 11.3 Å². The first kappa shape index (κ1) is 16.3. The molecule has 0 atom stereocenters. The van der Waals surface area contributed by atoms with E-state index in [-0.39, 0.29) is 5.56 Å². The van der Waals surface area contributed by atoms with E-state index in [9.17, 15) is 4.79 Å². The number of nitrogens with zero attached hydrogens (tertiary/aromatic N) is 4. The molecule has 9 heteroatoms. The van der Waals surface area contributed by atoms with Crippen LogP contribution in [-0.2, 0) is 13.0 Å². The molecule has 0 unspecified atom stereocenters. The molecule has 0 bridgehead atoms. The van der Waals surface area contributed by atoms with Gasteiger partial charge >= 0.3 is 0 Å². The molecule has 0 saturated carbocycles. The Labute approximate surface area is 143 Å². The van der Waals surface area contributed by atoms with Gasteiger partial charge in [-0.25, -0.2) is 4.98 Å². The van der Waals surface area contributed by atoms with Gasteiger partial charge in [0.05, 0.1) is 17.8 Å². The SMILES string of the molecule is CCCCNC(=S)N1CCc2nc3nc(SC)[nH]n3c(=O)c2C1. The van der Waals surface area contributed by atoms with Gasteiger partial charge in [-0.15, -0.1) is 0 Å². The van der Waals surface area contributed by atoms with Crippen molar-refractivity contribution in [2.45, 2.75) is 37.9 Å². The molecule has 0 radical (unpaired) electrons. The number of aromatic amines is 1.